The monoisotopic (exact) mass is 266 g/mol. The van der Waals surface area contributed by atoms with Gasteiger partial charge >= 0.3 is 0 Å². The third-order valence-electron chi connectivity index (χ3n) is 4.75. The van der Waals surface area contributed by atoms with Gasteiger partial charge in [0, 0.05) is 13.1 Å². The van der Waals surface area contributed by atoms with Gasteiger partial charge in [-0.1, -0.05) is 34.6 Å². The molecule has 0 aromatic rings. The molecule has 2 heteroatoms. The van der Waals surface area contributed by atoms with Gasteiger partial charge in [-0.15, -0.1) is 0 Å². The smallest absolute Gasteiger partial charge is 0.00222 e. The molecule has 2 heterocycles. The summed E-state index contributed by atoms with van der Waals surface area (Å²) in [5.41, 5.74) is 1.04. The molecule has 0 atom stereocenters. The zero-order chi connectivity index (χ0) is 14.1. The maximum absolute atomic E-state index is 3.39. The van der Waals surface area contributed by atoms with Crippen LogP contribution >= 0.6 is 0 Å². The standard InChI is InChI=1S/C17H34N2/c1-16(2,3)8-15-12-19(13-15)7-6-17(4,5)9-14-10-18-11-14/h14-15,18H,6-13H2,1-5H3. The van der Waals surface area contributed by atoms with Gasteiger partial charge in [-0.3, -0.25) is 0 Å². The van der Waals surface area contributed by atoms with Crippen LogP contribution in [0.25, 0.3) is 0 Å². The maximum Gasteiger partial charge on any atom is 0.00222 e. The molecule has 0 aromatic carbocycles. The van der Waals surface area contributed by atoms with Gasteiger partial charge in [-0.25, -0.2) is 0 Å². The van der Waals surface area contributed by atoms with Gasteiger partial charge in [0.15, 0.2) is 0 Å². The van der Waals surface area contributed by atoms with Crippen LogP contribution in [-0.2, 0) is 0 Å². The number of hydrogen-bond acceptors (Lipinski definition) is 2. The van der Waals surface area contributed by atoms with Gasteiger partial charge < -0.3 is 10.2 Å². The Morgan fingerprint density at radius 1 is 0.947 bits per heavy atom. The largest absolute Gasteiger partial charge is 0.316 e. The first-order chi connectivity index (χ1) is 8.73. The molecule has 19 heavy (non-hydrogen) atoms. The Kier molecular flexibility index (Phi) is 4.62. The van der Waals surface area contributed by atoms with Crippen molar-refractivity contribution in [3.8, 4) is 0 Å². The second-order valence-corrected chi connectivity index (χ2v) is 9.03. The summed E-state index contributed by atoms with van der Waals surface area (Å²) >= 11 is 0. The topological polar surface area (TPSA) is 15.3 Å². The first-order valence-corrected chi connectivity index (χ1v) is 8.17. The Bertz CT molecular complexity index is 280. The van der Waals surface area contributed by atoms with Crippen molar-refractivity contribution in [3.63, 3.8) is 0 Å². The summed E-state index contributed by atoms with van der Waals surface area (Å²) in [6.07, 6.45) is 4.16. The van der Waals surface area contributed by atoms with Crippen molar-refractivity contribution in [2.75, 3.05) is 32.7 Å². The van der Waals surface area contributed by atoms with Crippen LogP contribution in [0.1, 0.15) is 53.9 Å². The van der Waals surface area contributed by atoms with Crippen LogP contribution in [-0.4, -0.2) is 37.6 Å². The molecule has 2 nitrogen and oxygen atoms in total. The fourth-order valence-corrected chi connectivity index (χ4v) is 3.69. The van der Waals surface area contributed by atoms with Crippen LogP contribution in [0.4, 0.5) is 0 Å². The molecule has 0 aromatic heterocycles. The molecule has 0 aliphatic carbocycles. The number of nitrogens with one attached hydrogen (secondary N) is 1. The van der Waals surface area contributed by atoms with Gasteiger partial charge in [0.25, 0.3) is 0 Å². The number of hydrogen-bond donors (Lipinski definition) is 1. The molecule has 0 spiro atoms. The van der Waals surface area contributed by atoms with Gasteiger partial charge in [-0.05, 0) is 61.6 Å². The van der Waals surface area contributed by atoms with Crippen LogP contribution in [0.2, 0.25) is 0 Å². The highest BCUT2D eigenvalue weighted by Gasteiger charge is 2.32. The first-order valence-electron chi connectivity index (χ1n) is 8.17. The molecule has 2 aliphatic rings. The normalized spacial score (nSPS) is 23.2. The van der Waals surface area contributed by atoms with Crippen molar-refractivity contribution in [1.29, 1.82) is 0 Å². The summed E-state index contributed by atoms with van der Waals surface area (Å²) in [6.45, 7) is 18.5. The highest BCUT2D eigenvalue weighted by molar-refractivity contribution is 4.86. The molecule has 0 bridgehead atoms. The van der Waals surface area contributed by atoms with E-state index < -0.39 is 0 Å². The Morgan fingerprint density at radius 3 is 2.05 bits per heavy atom. The van der Waals surface area contributed by atoms with E-state index in [-0.39, 0.29) is 0 Å². The third-order valence-corrected chi connectivity index (χ3v) is 4.75. The zero-order valence-corrected chi connectivity index (χ0v) is 13.8. The molecule has 112 valence electrons. The Balaban J connectivity index is 1.59. The lowest BCUT2D eigenvalue weighted by atomic mass is 9.77. The van der Waals surface area contributed by atoms with E-state index in [9.17, 15) is 0 Å². The lowest BCUT2D eigenvalue weighted by molar-refractivity contribution is 0.0537. The van der Waals surface area contributed by atoms with Crippen LogP contribution in [0, 0.1) is 22.7 Å². The Hall–Kier alpha value is -0.0800. The van der Waals surface area contributed by atoms with E-state index in [0.29, 0.717) is 10.8 Å². The van der Waals surface area contributed by atoms with Crippen LogP contribution in [0.5, 0.6) is 0 Å². The van der Waals surface area contributed by atoms with Crippen molar-refractivity contribution in [3.05, 3.63) is 0 Å². The molecule has 2 saturated heterocycles. The molecule has 0 saturated carbocycles. The molecule has 2 fully saturated rings. The summed E-state index contributed by atoms with van der Waals surface area (Å²) in [7, 11) is 0. The predicted molar refractivity (Wildman–Crippen MR) is 83.4 cm³/mol. The molecule has 1 N–H and O–H groups in total. The van der Waals surface area contributed by atoms with Gasteiger partial charge in [0.2, 0.25) is 0 Å². The van der Waals surface area contributed by atoms with Crippen LogP contribution in [0.3, 0.4) is 0 Å². The zero-order valence-electron chi connectivity index (χ0n) is 13.8. The van der Waals surface area contributed by atoms with E-state index in [1.807, 2.05) is 0 Å². The highest BCUT2D eigenvalue weighted by Crippen LogP contribution is 2.34. The van der Waals surface area contributed by atoms with Gasteiger partial charge in [0.05, 0.1) is 0 Å². The summed E-state index contributed by atoms with van der Waals surface area (Å²) in [5.74, 6) is 1.90. The van der Waals surface area contributed by atoms with Crippen molar-refractivity contribution in [2.45, 2.75) is 53.9 Å². The Labute approximate surface area is 120 Å². The summed E-state index contributed by atoms with van der Waals surface area (Å²) < 4.78 is 0. The summed E-state index contributed by atoms with van der Waals surface area (Å²) in [6, 6.07) is 0. The van der Waals surface area contributed by atoms with Gasteiger partial charge in [-0.2, -0.15) is 0 Å². The second kappa shape index (κ2) is 5.73. The van der Waals surface area contributed by atoms with Crippen molar-refractivity contribution in [1.82, 2.24) is 10.2 Å². The second-order valence-electron chi connectivity index (χ2n) is 9.03. The minimum absolute atomic E-state index is 0.507. The summed E-state index contributed by atoms with van der Waals surface area (Å²) in [5, 5.41) is 3.39. The van der Waals surface area contributed by atoms with E-state index in [1.54, 1.807) is 0 Å². The average Bonchev–Trinajstić information content (AvgIpc) is 2.14. The molecule has 2 rings (SSSR count). The lowest BCUT2D eigenvalue weighted by Gasteiger charge is -2.44. The average molecular weight is 266 g/mol. The van der Waals surface area contributed by atoms with Crippen LogP contribution in [0.15, 0.2) is 0 Å². The number of rotatable bonds is 6. The van der Waals surface area contributed by atoms with Crippen molar-refractivity contribution < 1.29 is 0 Å². The molecule has 0 radical (unpaired) electrons. The molecule has 2 aliphatic heterocycles. The molecule has 0 unspecified atom stereocenters. The summed E-state index contributed by atoms with van der Waals surface area (Å²) in [4.78, 5) is 2.66. The third kappa shape index (κ3) is 5.07. The van der Waals surface area contributed by atoms with Crippen LogP contribution < -0.4 is 5.32 Å². The molecular weight excluding hydrogens is 232 g/mol. The van der Waals surface area contributed by atoms with Crippen molar-refractivity contribution in [2.24, 2.45) is 22.7 Å². The number of nitrogens with zero attached hydrogens (tertiary/aromatic N) is 1. The Morgan fingerprint density at radius 2 is 1.58 bits per heavy atom. The van der Waals surface area contributed by atoms with Crippen molar-refractivity contribution >= 4 is 0 Å². The van der Waals surface area contributed by atoms with Gasteiger partial charge in [0.1, 0.15) is 0 Å². The van der Waals surface area contributed by atoms with E-state index in [2.05, 4.69) is 44.8 Å². The van der Waals surface area contributed by atoms with E-state index >= 15 is 0 Å². The predicted octanol–water partition coefficient (Wildman–Crippen LogP) is 3.38. The quantitative estimate of drug-likeness (QED) is 0.793. The molecular formula is C17H34N2. The SMILES string of the molecule is CC(C)(C)CC1CN(CCC(C)(C)CC2CNC2)C1. The minimum Gasteiger partial charge on any atom is -0.316 e. The number of likely N-dealkylation sites (tertiary alicyclic amines) is 1. The van der Waals surface area contributed by atoms with E-state index in [1.165, 1.54) is 52.0 Å². The highest BCUT2D eigenvalue weighted by atomic mass is 15.2. The maximum atomic E-state index is 3.39. The van der Waals surface area contributed by atoms with E-state index in [4.69, 9.17) is 0 Å². The fraction of sp³-hybridized carbons (Fsp3) is 1.00. The first kappa shape index (κ1) is 15.3. The minimum atomic E-state index is 0.507. The molecule has 0 amide bonds. The van der Waals surface area contributed by atoms with E-state index in [0.717, 1.165) is 11.8 Å². The lowest BCUT2D eigenvalue weighted by Crippen LogP contribution is -2.49. The fourth-order valence-electron chi connectivity index (χ4n) is 3.69.